The van der Waals surface area contributed by atoms with Crippen molar-refractivity contribution in [3.63, 3.8) is 0 Å². The van der Waals surface area contributed by atoms with Crippen molar-refractivity contribution in [3.05, 3.63) is 59.2 Å². The molecule has 1 saturated heterocycles. The van der Waals surface area contributed by atoms with Gasteiger partial charge in [0, 0.05) is 24.7 Å². The van der Waals surface area contributed by atoms with Crippen LogP contribution in [0.2, 0.25) is 0 Å². The van der Waals surface area contributed by atoms with Gasteiger partial charge in [-0.15, -0.1) is 0 Å². The van der Waals surface area contributed by atoms with Gasteiger partial charge in [-0.1, -0.05) is 18.2 Å². The molecule has 4 rings (SSSR count). The van der Waals surface area contributed by atoms with Crippen LogP contribution in [0, 0.1) is 0 Å². The number of hydrogen-bond acceptors (Lipinski definition) is 7. The molecule has 2 aliphatic rings. The standard InChI is InChI=1S/C26H30N2O6/c1-16(2)33-14-12-28-23(18-7-5-6-8-20(18)32-4)22(25(30)26(28)31)24(29)17-9-10-21-19(15-17)27(3)11-13-34-21/h5-10,15-16,23,29H,11-14H2,1-4H3/b24-22+. The second-order valence-corrected chi connectivity index (χ2v) is 8.61. The topological polar surface area (TPSA) is 88.5 Å². The molecule has 1 unspecified atom stereocenters. The number of nitrogens with zero attached hydrogens (tertiary/aromatic N) is 2. The summed E-state index contributed by atoms with van der Waals surface area (Å²) >= 11 is 0. The Hall–Kier alpha value is -3.52. The van der Waals surface area contributed by atoms with Crippen LogP contribution < -0.4 is 14.4 Å². The molecule has 2 heterocycles. The molecule has 180 valence electrons. The summed E-state index contributed by atoms with van der Waals surface area (Å²) in [7, 11) is 3.47. The number of para-hydroxylation sites is 1. The molecule has 0 bridgehead atoms. The summed E-state index contributed by atoms with van der Waals surface area (Å²) in [5.41, 5.74) is 1.89. The highest BCUT2D eigenvalue weighted by Crippen LogP contribution is 2.43. The van der Waals surface area contributed by atoms with Crippen molar-refractivity contribution in [1.29, 1.82) is 0 Å². The second kappa shape index (κ2) is 9.77. The number of likely N-dealkylation sites (tertiary alicyclic amines) is 1. The maximum absolute atomic E-state index is 13.2. The molecule has 0 saturated carbocycles. The van der Waals surface area contributed by atoms with E-state index >= 15 is 0 Å². The van der Waals surface area contributed by atoms with E-state index in [1.807, 2.05) is 37.9 Å². The van der Waals surface area contributed by atoms with Crippen LogP contribution in [0.25, 0.3) is 5.76 Å². The maximum atomic E-state index is 13.2. The van der Waals surface area contributed by atoms with Crippen molar-refractivity contribution >= 4 is 23.1 Å². The van der Waals surface area contributed by atoms with E-state index in [-0.39, 0.29) is 30.6 Å². The molecule has 0 aromatic heterocycles. The molecule has 8 heteroatoms. The fraction of sp³-hybridized carbons (Fsp3) is 0.385. The van der Waals surface area contributed by atoms with E-state index in [1.165, 1.54) is 12.0 Å². The number of rotatable bonds is 7. The zero-order valence-corrected chi connectivity index (χ0v) is 19.9. The summed E-state index contributed by atoms with van der Waals surface area (Å²) < 4.78 is 16.9. The quantitative estimate of drug-likeness (QED) is 0.380. The third-order valence-electron chi connectivity index (χ3n) is 6.08. The monoisotopic (exact) mass is 466 g/mol. The lowest BCUT2D eigenvalue weighted by Crippen LogP contribution is -2.33. The van der Waals surface area contributed by atoms with Gasteiger partial charge in [0.15, 0.2) is 0 Å². The van der Waals surface area contributed by atoms with Crippen LogP contribution in [-0.2, 0) is 14.3 Å². The predicted molar refractivity (Wildman–Crippen MR) is 128 cm³/mol. The number of carbonyl (C=O) groups excluding carboxylic acids is 2. The molecule has 1 atom stereocenters. The normalized spacial score (nSPS) is 19.4. The molecule has 0 radical (unpaired) electrons. The number of likely N-dealkylation sites (N-methyl/N-ethyl adjacent to an activating group) is 1. The number of aliphatic hydroxyl groups excluding tert-OH is 1. The number of fused-ring (bicyclic) bond motifs is 1. The van der Waals surface area contributed by atoms with Crippen LogP contribution >= 0.6 is 0 Å². The first-order valence-corrected chi connectivity index (χ1v) is 11.3. The highest BCUT2D eigenvalue weighted by molar-refractivity contribution is 6.46. The molecule has 1 fully saturated rings. The Morgan fingerprint density at radius 3 is 2.71 bits per heavy atom. The number of benzene rings is 2. The summed E-state index contributed by atoms with van der Waals surface area (Å²) in [6.45, 7) is 5.55. The Labute approximate surface area is 199 Å². The SMILES string of the molecule is COc1ccccc1C1/C(=C(\O)c2ccc3c(c2)N(C)CCO3)C(=O)C(=O)N1CCOC(C)C. The lowest BCUT2D eigenvalue weighted by Gasteiger charge is -2.28. The van der Waals surface area contributed by atoms with E-state index in [2.05, 4.69) is 0 Å². The zero-order chi connectivity index (χ0) is 24.4. The number of Topliss-reactive ketones (excluding diaryl/α,β-unsaturated/α-hetero) is 1. The maximum Gasteiger partial charge on any atom is 0.295 e. The number of anilines is 1. The molecule has 34 heavy (non-hydrogen) atoms. The fourth-order valence-electron chi connectivity index (χ4n) is 4.37. The summed E-state index contributed by atoms with van der Waals surface area (Å²) in [4.78, 5) is 29.8. The van der Waals surface area contributed by atoms with Crippen LogP contribution in [-0.4, -0.2) is 68.3 Å². The molecule has 0 spiro atoms. The zero-order valence-electron chi connectivity index (χ0n) is 19.9. The number of amides is 1. The molecule has 2 aromatic carbocycles. The molecular weight excluding hydrogens is 436 g/mol. The molecule has 2 aromatic rings. The van der Waals surface area contributed by atoms with Gasteiger partial charge in [0.2, 0.25) is 0 Å². The van der Waals surface area contributed by atoms with E-state index in [0.717, 1.165) is 5.69 Å². The van der Waals surface area contributed by atoms with Gasteiger partial charge in [-0.3, -0.25) is 9.59 Å². The van der Waals surface area contributed by atoms with E-state index < -0.39 is 17.7 Å². The van der Waals surface area contributed by atoms with Crippen molar-refractivity contribution in [2.24, 2.45) is 0 Å². The van der Waals surface area contributed by atoms with Gasteiger partial charge in [0.05, 0.1) is 43.7 Å². The predicted octanol–water partition coefficient (Wildman–Crippen LogP) is 3.37. The highest BCUT2D eigenvalue weighted by Gasteiger charge is 2.47. The molecule has 1 N–H and O–H groups in total. The van der Waals surface area contributed by atoms with E-state index in [1.54, 1.807) is 30.3 Å². The number of hydrogen-bond donors (Lipinski definition) is 1. The van der Waals surface area contributed by atoms with Crippen LogP contribution in [0.5, 0.6) is 11.5 Å². The van der Waals surface area contributed by atoms with Crippen LogP contribution in [0.1, 0.15) is 31.0 Å². The van der Waals surface area contributed by atoms with E-state index in [4.69, 9.17) is 14.2 Å². The van der Waals surface area contributed by atoms with Gasteiger partial charge in [-0.2, -0.15) is 0 Å². The Kier molecular flexibility index (Phi) is 6.79. The fourth-order valence-corrected chi connectivity index (χ4v) is 4.37. The minimum Gasteiger partial charge on any atom is -0.507 e. The van der Waals surface area contributed by atoms with Crippen LogP contribution in [0.4, 0.5) is 5.69 Å². The first kappa shape index (κ1) is 23.6. The lowest BCUT2D eigenvalue weighted by molar-refractivity contribution is -0.140. The minimum absolute atomic E-state index is 0.0174. The van der Waals surface area contributed by atoms with Crippen molar-refractivity contribution in [2.75, 3.05) is 45.4 Å². The average Bonchev–Trinajstić information content (AvgIpc) is 3.08. The smallest absolute Gasteiger partial charge is 0.295 e. The number of carbonyl (C=O) groups is 2. The Morgan fingerprint density at radius 1 is 1.21 bits per heavy atom. The average molecular weight is 467 g/mol. The Morgan fingerprint density at radius 2 is 1.97 bits per heavy atom. The number of ketones is 1. The van der Waals surface area contributed by atoms with Crippen LogP contribution in [0.3, 0.4) is 0 Å². The van der Waals surface area contributed by atoms with Gasteiger partial charge in [0.25, 0.3) is 11.7 Å². The molecular formula is C26H30N2O6. The van der Waals surface area contributed by atoms with Crippen LogP contribution in [0.15, 0.2) is 48.0 Å². The first-order valence-electron chi connectivity index (χ1n) is 11.3. The Balaban J connectivity index is 1.83. The summed E-state index contributed by atoms with van der Waals surface area (Å²) in [6, 6.07) is 11.6. The van der Waals surface area contributed by atoms with Gasteiger partial charge in [0.1, 0.15) is 23.9 Å². The van der Waals surface area contributed by atoms with Crippen molar-refractivity contribution < 1.29 is 28.9 Å². The number of ether oxygens (including phenoxy) is 3. The third-order valence-corrected chi connectivity index (χ3v) is 6.08. The molecule has 0 aliphatic carbocycles. The molecule has 8 nitrogen and oxygen atoms in total. The van der Waals surface area contributed by atoms with E-state index in [9.17, 15) is 14.7 Å². The van der Waals surface area contributed by atoms with Gasteiger partial charge in [-0.05, 0) is 38.1 Å². The molecule has 1 amide bonds. The van der Waals surface area contributed by atoms with E-state index in [0.29, 0.717) is 35.8 Å². The van der Waals surface area contributed by atoms with Crippen molar-refractivity contribution in [1.82, 2.24) is 4.90 Å². The van der Waals surface area contributed by atoms with Crippen molar-refractivity contribution in [2.45, 2.75) is 26.0 Å². The summed E-state index contributed by atoms with van der Waals surface area (Å²) in [5, 5.41) is 11.4. The number of methoxy groups -OCH3 is 1. The molecule has 2 aliphatic heterocycles. The van der Waals surface area contributed by atoms with Gasteiger partial charge in [-0.25, -0.2) is 0 Å². The lowest BCUT2D eigenvalue weighted by atomic mass is 9.94. The minimum atomic E-state index is -0.808. The van der Waals surface area contributed by atoms with Crippen molar-refractivity contribution in [3.8, 4) is 11.5 Å². The third kappa shape index (κ3) is 4.33. The van der Waals surface area contributed by atoms with Gasteiger partial charge < -0.3 is 29.1 Å². The Bertz CT molecular complexity index is 1130. The summed E-state index contributed by atoms with van der Waals surface area (Å²) in [5.74, 6) is -0.418. The highest BCUT2D eigenvalue weighted by atomic mass is 16.5. The summed E-state index contributed by atoms with van der Waals surface area (Å²) in [6.07, 6.45) is -0.0174. The first-order chi connectivity index (χ1) is 16.3. The van der Waals surface area contributed by atoms with Gasteiger partial charge >= 0.3 is 0 Å². The second-order valence-electron chi connectivity index (χ2n) is 8.61. The largest absolute Gasteiger partial charge is 0.507 e. The number of aliphatic hydroxyl groups is 1.